The Kier molecular flexibility index (Phi) is 4.23. The maximum Gasteiger partial charge on any atom is 0.141 e. The summed E-state index contributed by atoms with van der Waals surface area (Å²) in [6.07, 6.45) is 0. The normalized spacial score (nSPS) is 10.7. The summed E-state index contributed by atoms with van der Waals surface area (Å²) in [5.41, 5.74) is 2.75. The maximum absolute atomic E-state index is 13.1. The van der Waals surface area contributed by atoms with E-state index < -0.39 is 5.82 Å². The number of hydrogen-bond acceptors (Lipinski definition) is 1. The van der Waals surface area contributed by atoms with Gasteiger partial charge in [-0.05, 0) is 36.4 Å². The topological polar surface area (TPSA) is 12.0 Å². The third-order valence-corrected chi connectivity index (χ3v) is 3.25. The minimum absolute atomic E-state index is 0.0999. The summed E-state index contributed by atoms with van der Waals surface area (Å²) >= 11 is 12.0. The molecule has 1 N–H and O–H groups in total. The maximum atomic E-state index is 13.1. The summed E-state index contributed by atoms with van der Waals surface area (Å²) in [4.78, 5) is 0. The molecule has 0 amide bonds. The standard InChI is InChI=1S/C14H12Cl2FN/c1-18-8-9-2-4-11(12(15)6-9)10-3-5-14(17)13(16)7-10/h2-7,18H,8H2,1H3. The van der Waals surface area contributed by atoms with E-state index in [-0.39, 0.29) is 5.02 Å². The Morgan fingerprint density at radius 3 is 2.44 bits per heavy atom. The van der Waals surface area contributed by atoms with Crippen LogP contribution in [0.15, 0.2) is 36.4 Å². The molecule has 0 spiro atoms. The Hall–Kier alpha value is -1.09. The largest absolute Gasteiger partial charge is 0.316 e. The Morgan fingerprint density at radius 1 is 1.06 bits per heavy atom. The van der Waals surface area contributed by atoms with Crippen LogP contribution >= 0.6 is 23.2 Å². The molecule has 0 unspecified atom stereocenters. The molecule has 0 aliphatic carbocycles. The Morgan fingerprint density at radius 2 is 1.83 bits per heavy atom. The van der Waals surface area contributed by atoms with Crippen LogP contribution in [-0.2, 0) is 6.54 Å². The van der Waals surface area contributed by atoms with E-state index in [9.17, 15) is 4.39 Å². The summed E-state index contributed by atoms with van der Waals surface area (Å²) in [7, 11) is 1.88. The van der Waals surface area contributed by atoms with Crippen LogP contribution in [0.5, 0.6) is 0 Å². The molecule has 0 radical (unpaired) electrons. The number of nitrogens with one attached hydrogen (secondary N) is 1. The van der Waals surface area contributed by atoms with Gasteiger partial charge in [-0.1, -0.05) is 41.4 Å². The number of benzene rings is 2. The molecule has 0 atom stereocenters. The lowest BCUT2D eigenvalue weighted by Gasteiger charge is -2.08. The van der Waals surface area contributed by atoms with Crippen LogP contribution < -0.4 is 5.32 Å². The molecule has 0 saturated heterocycles. The van der Waals surface area contributed by atoms with E-state index >= 15 is 0 Å². The van der Waals surface area contributed by atoms with E-state index in [1.807, 2.05) is 25.2 Å². The van der Waals surface area contributed by atoms with Crippen LogP contribution in [-0.4, -0.2) is 7.05 Å². The summed E-state index contributed by atoms with van der Waals surface area (Å²) in [5.74, 6) is -0.427. The van der Waals surface area contributed by atoms with Crippen molar-refractivity contribution in [1.29, 1.82) is 0 Å². The molecule has 0 bridgehead atoms. The fourth-order valence-corrected chi connectivity index (χ4v) is 2.26. The van der Waals surface area contributed by atoms with E-state index in [0.29, 0.717) is 5.02 Å². The highest BCUT2D eigenvalue weighted by Crippen LogP contribution is 2.31. The first-order valence-corrected chi connectivity index (χ1v) is 6.26. The van der Waals surface area contributed by atoms with Gasteiger partial charge in [-0.3, -0.25) is 0 Å². The van der Waals surface area contributed by atoms with Gasteiger partial charge >= 0.3 is 0 Å². The first kappa shape index (κ1) is 13.3. The summed E-state index contributed by atoms with van der Waals surface area (Å²) < 4.78 is 13.1. The average molecular weight is 284 g/mol. The van der Waals surface area contributed by atoms with E-state index in [4.69, 9.17) is 23.2 Å². The van der Waals surface area contributed by atoms with Gasteiger partial charge in [-0.25, -0.2) is 4.39 Å². The highest BCUT2D eigenvalue weighted by molar-refractivity contribution is 6.34. The van der Waals surface area contributed by atoms with Crippen molar-refractivity contribution in [3.05, 3.63) is 57.8 Å². The molecule has 1 nitrogen and oxygen atoms in total. The van der Waals surface area contributed by atoms with Gasteiger partial charge in [0, 0.05) is 17.1 Å². The van der Waals surface area contributed by atoms with Crippen LogP contribution in [0.25, 0.3) is 11.1 Å². The first-order valence-electron chi connectivity index (χ1n) is 5.50. The quantitative estimate of drug-likeness (QED) is 0.873. The molecule has 0 aromatic heterocycles. The monoisotopic (exact) mass is 283 g/mol. The van der Waals surface area contributed by atoms with Crippen molar-refractivity contribution < 1.29 is 4.39 Å². The molecule has 0 fully saturated rings. The van der Waals surface area contributed by atoms with Gasteiger partial charge in [0.25, 0.3) is 0 Å². The minimum Gasteiger partial charge on any atom is -0.316 e. The fraction of sp³-hybridized carbons (Fsp3) is 0.143. The predicted octanol–water partition coefficient (Wildman–Crippen LogP) is 4.52. The zero-order valence-electron chi connectivity index (χ0n) is 9.81. The zero-order valence-corrected chi connectivity index (χ0v) is 11.3. The zero-order chi connectivity index (χ0) is 13.1. The second kappa shape index (κ2) is 5.70. The Balaban J connectivity index is 2.41. The average Bonchev–Trinajstić information content (AvgIpc) is 2.34. The third kappa shape index (κ3) is 2.83. The molecule has 0 heterocycles. The van der Waals surface area contributed by atoms with Gasteiger partial charge in [0.1, 0.15) is 5.82 Å². The predicted molar refractivity (Wildman–Crippen MR) is 74.6 cm³/mol. The van der Waals surface area contributed by atoms with Gasteiger partial charge in [0.15, 0.2) is 0 Å². The van der Waals surface area contributed by atoms with Gasteiger partial charge in [-0.2, -0.15) is 0 Å². The molecule has 18 heavy (non-hydrogen) atoms. The second-order valence-corrected chi connectivity index (χ2v) is 4.79. The van der Waals surface area contributed by atoms with Gasteiger partial charge < -0.3 is 5.32 Å². The summed E-state index contributed by atoms with van der Waals surface area (Å²) in [5, 5.41) is 3.79. The third-order valence-electron chi connectivity index (χ3n) is 2.65. The molecule has 2 rings (SSSR count). The van der Waals surface area contributed by atoms with Crippen LogP contribution in [0, 0.1) is 5.82 Å². The van der Waals surface area contributed by atoms with E-state index in [0.717, 1.165) is 23.2 Å². The highest BCUT2D eigenvalue weighted by Gasteiger charge is 2.07. The summed E-state index contributed by atoms with van der Waals surface area (Å²) in [6, 6.07) is 10.4. The lowest BCUT2D eigenvalue weighted by Crippen LogP contribution is -2.04. The van der Waals surface area contributed by atoms with E-state index in [1.165, 1.54) is 6.07 Å². The smallest absolute Gasteiger partial charge is 0.141 e. The van der Waals surface area contributed by atoms with Gasteiger partial charge in [0.2, 0.25) is 0 Å². The molecule has 0 aliphatic heterocycles. The molecule has 2 aromatic rings. The van der Waals surface area contributed by atoms with Crippen molar-refractivity contribution >= 4 is 23.2 Å². The van der Waals surface area contributed by atoms with Crippen molar-refractivity contribution in [2.75, 3.05) is 7.05 Å². The molecule has 94 valence electrons. The molecule has 2 aromatic carbocycles. The van der Waals surface area contributed by atoms with Crippen molar-refractivity contribution in [2.45, 2.75) is 6.54 Å². The van der Waals surface area contributed by atoms with Gasteiger partial charge in [-0.15, -0.1) is 0 Å². The Bertz CT molecular complexity index is 570. The van der Waals surface area contributed by atoms with Crippen molar-refractivity contribution in [2.24, 2.45) is 0 Å². The molecule has 4 heteroatoms. The van der Waals surface area contributed by atoms with E-state index in [2.05, 4.69) is 5.32 Å². The second-order valence-electron chi connectivity index (χ2n) is 3.97. The number of hydrogen-bond donors (Lipinski definition) is 1. The van der Waals surface area contributed by atoms with Crippen LogP contribution in [0.2, 0.25) is 10.0 Å². The van der Waals surface area contributed by atoms with Crippen molar-refractivity contribution in [3.8, 4) is 11.1 Å². The Labute approximate surface area is 116 Å². The molecular weight excluding hydrogens is 272 g/mol. The number of halogens is 3. The number of rotatable bonds is 3. The molecular formula is C14H12Cl2FN. The van der Waals surface area contributed by atoms with E-state index in [1.54, 1.807) is 12.1 Å². The molecule has 0 aliphatic rings. The first-order chi connectivity index (χ1) is 8.61. The summed E-state index contributed by atoms with van der Waals surface area (Å²) in [6.45, 7) is 0.754. The van der Waals surface area contributed by atoms with Gasteiger partial charge in [0.05, 0.1) is 5.02 Å². The lowest BCUT2D eigenvalue weighted by molar-refractivity contribution is 0.628. The molecule has 0 saturated carbocycles. The lowest BCUT2D eigenvalue weighted by atomic mass is 10.0. The van der Waals surface area contributed by atoms with Crippen molar-refractivity contribution in [3.63, 3.8) is 0 Å². The SMILES string of the molecule is CNCc1ccc(-c2ccc(F)c(Cl)c2)c(Cl)c1. The highest BCUT2D eigenvalue weighted by atomic mass is 35.5. The van der Waals surface area contributed by atoms with Crippen molar-refractivity contribution in [1.82, 2.24) is 5.32 Å². The van der Waals surface area contributed by atoms with Crippen LogP contribution in [0.1, 0.15) is 5.56 Å². The van der Waals surface area contributed by atoms with Crippen LogP contribution in [0.3, 0.4) is 0 Å². The van der Waals surface area contributed by atoms with Crippen LogP contribution in [0.4, 0.5) is 4.39 Å². The minimum atomic E-state index is -0.427. The fourth-order valence-electron chi connectivity index (χ4n) is 1.77.